The maximum Gasteiger partial charge on any atom is 0.326 e. The molecule has 3 aromatic rings. The van der Waals surface area contributed by atoms with Gasteiger partial charge in [-0.2, -0.15) is 0 Å². The summed E-state index contributed by atoms with van der Waals surface area (Å²) in [4.78, 5) is 39.5. The zero-order valence-corrected chi connectivity index (χ0v) is 18.8. The van der Waals surface area contributed by atoms with Gasteiger partial charge in [-0.3, -0.25) is 14.6 Å². The van der Waals surface area contributed by atoms with Crippen molar-refractivity contribution in [3.05, 3.63) is 54.4 Å². The first-order chi connectivity index (χ1) is 15.8. The van der Waals surface area contributed by atoms with Gasteiger partial charge in [0.2, 0.25) is 11.8 Å². The van der Waals surface area contributed by atoms with Crippen molar-refractivity contribution in [1.82, 2.24) is 20.5 Å². The zero-order valence-electron chi connectivity index (χ0n) is 18.0. The van der Waals surface area contributed by atoms with Crippen LogP contribution in [0.2, 0.25) is 0 Å². The molecule has 1 atom stereocenters. The molecule has 0 saturated carbocycles. The second-order valence-corrected chi connectivity index (χ2v) is 8.45. The summed E-state index contributed by atoms with van der Waals surface area (Å²) in [7, 11) is 0. The molecule has 0 spiro atoms. The van der Waals surface area contributed by atoms with Crippen LogP contribution in [0.3, 0.4) is 0 Å². The molecule has 1 aromatic carbocycles. The van der Waals surface area contributed by atoms with Gasteiger partial charge in [0.25, 0.3) is 11.1 Å². The Morgan fingerprint density at radius 2 is 1.88 bits per heavy atom. The van der Waals surface area contributed by atoms with Crippen LogP contribution in [0.1, 0.15) is 30.6 Å². The standard InChI is InChI=1S/C22H23N5O5S/c1-13(2)10-17(21(30)31)25-18(28)12-33-22-27-26-20(32-22)14-5-7-16(8-6-14)24-19(29)15-4-3-9-23-11-15/h3-9,11,13,17H,10,12H2,1-2H3,(H,24,29)(H,25,28)(H,30,31)/t17-/m0/s1. The highest BCUT2D eigenvalue weighted by atomic mass is 32.2. The van der Waals surface area contributed by atoms with Gasteiger partial charge in [-0.1, -0.05) is 25.6 Å². The Hall–Kier alpha value is -3.73. The average molecular weight is 470 g/mol. The number of nitrogens with zero attached hydrogens (tertiary/aromatic N) is 3. The molecule has 0 aliphatic rings. The van der Waals surface area contributed by atoms with E-state index in [9.17, 15) is 19.5 Å². The van der Waals surface area contributed by atoms with E-state index in [4.69, 9.17) is 4.42 Å². The molecule has 0 saturated heterocycles. The monoisotopic (exact) mass is 469 g/mol. The third kappa shape index (κ3) is 7.14. The van der Waals surface area contributed by atoms with Crippen molar-refractivity contribution in [2.45, 2.75) is 31.5 Å². The number of carbonyl (C=O) groups is 3. The minimum absolute atomic E-state index is 0.0528. The van der Waals surface area contributed by atoms with Crippen molar-refractivity contribution < 1.29 is 23.9 Å². The number of rotatable bonds is 10. The van der Waals surface area contributed by atoms with E-state index in [0.717, 1.165) is 11.8 Å². The van der Waals surface area contributed by atoms with E-state index >= 15 is 0 Å². The van der Waals surface area contributed by atoms with Gasteiger partial charge in [-0.05, 0) is 48.7 Å². The number of amides is 2. The maximum atomic E-state index is 12.2. The van der Waals surface area contributed by atoms with Crippen molar-refractivity contribution >= 4 is 35.2 Å². The van der Waals surface area contributed by atoms with Crippen LogP contribution in [0.15, 0.2) is 58.4 Å². The number of thioether (sulfide) groups is 1. The smallest absolute Gasteiger partial charge is 0.326 e. The minimum atomic E-state index is -1.07. The van der Waals surface area contributed by atoms with Crippen molar-refractivity contribution in [1.29, 1.82) is 0 Å². The lowest BCUT2D eigenvalue weighted by atomic mass is 10.0. The first-order valence-corrected chi connectivity index (χ1v) is 11.1. The third-order valence-corrected chi connectivity index (χ3v) is 5.21. The van der Waals surface area contributed by atoms with E-state index in [2.05, 4.69) is 25.8 Å². The summed E-state index contributed by atoms with van der Waals surface area (Å²) >= 11 is 1.02. The van der Waals surface area contributed by atoms with Crippen LogP contribution in [-0.2, 0) is 9.59 Å². The predicted octanol–water partition coefficient (Wildman–Crippen LogP) is 3.09. The SMILES string of the molecule is CC(C)C[C@H](NC(=O)CSc1nnc(-c2ccc(NC(=O)c3cccnc3)cc2)o1)C(=O)O. The van der Waals surface area contributed by atoms with Crippen molar-refractivity contribution in [2.75, 3.05) is 11.1 Å². The molecule has 0 aliphatic carbocycles. The number of carboxylic acids is 1. The van der Waals surface area contributed by atoms with Gasteiger partial charge in [0.1, 0.15) is 6.04 Å². The van der Waals surface area contributed by atoms with Gasteiger partial charge in [0.05, 0.1) is 11.3 Å². The summed E-state index contributed by atoms with van der Waals surface area (Å²) in [6.07, 6.45) is 3.41. The number of anilines is 1. The number of benzene rings is 1. The summed E-state index contributed by atoms with van der Waals surface area (Å²) in [6.45, 7) is 3.77. The molecule has 0 unspecified atom stereocenters. The number of nitrogens with one attached hydrogen (secondary N) is 2. The first-order valence-electron chi connectivity index (χ1n) is 10.1. The Morgan fingerprint density at radius 1 is 1.12 bits per heavy atom. The van der Waals surface area contributed by atoms with E-state index in [1.54, 1.807) is 42.6 Å². The Balaban J connectivity index is 1.54. The highest BCUT2D eigenvalue weighted by Crippen LogP contribution is 2.24. The van der Waals surface area contributed by atoms with Crippen molar-refractivity contribution in [2.24, 2.45) is 5.92 Å². The van der Waals surface area contributed by atoms with Crippen LogP contribution >= 0.6 is 11.8 Å². The Kier molecular flexibility index (Phi) is 8.14. The highest BCUT2D eigenvalue weighted by molar-refractivity contribution is 7.99. The third-order valence-electron chi connectivity index (χ3n) is 4.39. The molecule has 3 rings (SSSR count). The van der Waals surface area contributed by atoms with Gasteiger partial charge in [-0.15, -0.1) is 10.2 Å². The molecule has 10 nitrogen and oxygen atoms in total. The van der Waals surface area contributed by atoms with Crippen LogP contribution in [0, 0.1) is 5.92 Å². The normalized spacial score (nSPS) is 11.7. The Bertz CT molecular complexity index is 1100. The zero-order chi connectivity index (χ0) is 23.8. The minimum Gasteiger partial charge on any atom is -0.480 e. The molecule has 11 heteroatoms. The summed E-state index contributed by atoms with van der Waals surface area (Å²) in [5.41, 5.74) is 1.68. The Morgan fingerprint density at radius 3 is 2.52 bits per heavy atom. The fraction of sp³-hybridized carbons (Fsp3) is 0.273. The lowest BCUT2D eigenvalue weighted by Gasteiger charge is -2.15. The van der Waals surface area contributed by atoms with E-state index < -0.39 is 17.9 Å². The van der Waals surface area contributed by atoms with Crippen molar-refractivity contribution in [3.63, 3.8) is 0 Å². The van der Waals surface area contributed by atoms with Crippen LogP contribution in [0.25, 0.3) is 11.5 Å². The molecule has 2 heterocycles. The molecule has 0 bridgehead atoms. The average Bonchev–Trinajstić information content (AvgIpc) is 3.27. The largest absolute Gasteiger partial charge is 0.480 e. The molecule has 0 fully saturated rings. The van der Waals surface area contributed by atoms with Gasteiger partial charge < -0.3 is 20.2 Å². The predicted molar refractivity (Wildman–Crippen MR) is 122 cm³/mol. The number of carboxylic acid groups (broad SMARTS) is 1. The molecule has 3 N–H and O–H groups in total. The van der Waals surface area contributed by atoms with Crippen LogP contribution in [-0.4, -0.2) is 49.9 Å². The second-order valence-electron chi connectivity index (χ2n) is 7.52. The van der Waals surface area contributed by atoms with E-state index in [0.29, 0.717) is 23.2 Å². The quantitative estimate of drug-likeness (QED) is 0.381. The molecule has 172 valence electrons. The molecule has 2 amide bonds. The number of aliphatic carboxylic acids is 1. The number of hydrogen-bond acceptors (Lipinski definition) is 8. The van der Waals surface area contributed by atoms with Crippen molar-refractivity contribution in [3.8, 4) is 11.5 Å². The lowest BCUT2D eigenvalue weighted by molar-refractivity contribution is -0.141. The summed E-state index contributed by atoms with van der Waals surface area (Å²) in [5.74, 6) is -1.44. The molecular weight excluding hydrogens is 446 g/mol. The van der Waals surface area contributed by atoms with Gasteiger partial charge in [0, 0.05) is 23.6 Å². The van der Waals surface area contributed by atoms with Gasteiger partial charge in [-0.25, -0.2) is 4.79 Å². The number of carbonyl (C=O) groups excluding carboxylic acids is 2. The number of pyridine rings is 1. The van der Waals surface area contributed by atoms with E-state index in [1.807, 2.05) is 13.8 Å². The Labute approximate surface area is 194 Å². The molecule has 33 heavy (non-hydrogen) atoms. The highest BCUT2D eigenvalue weighted by Gasteiger charge is 2.21. The van der Waals surface area contributed by atoms with Gasteiger partial charge in [0.15, 0.2) is 0 Å². The summed E-state index contributed by atoms with van der Waals surface area (Å²) < 4.78 is 5.58. The topological polar surface area (TPSA) is 147 Å². The van der Waals surface area contributed by atoms with Crippen LogP contribution < -0.4 is 10.6 Å². The summed E-state index contributed by atoms with van der Waals surface area (Å²) in [5, 5.41) is 22.6. The van der Waals surface area contributed by atoms with E-state index in [-0.39, 0.29) is 28.7 Å². The van der Waals surface area contributed by atoms with Crippen LogP contribution in [0.4, 0.5) is 5.69 Å². The van der Waals surface area contributed by atoms with Crippen LogP contribution in [0.5, 0.6) is 0 Å². The molecule has 0 aliphatic heterocycles. The second kappa shape index (κ2) is 11.2. The number of hydrogen-bond donors (Lipinski definition) is 3. The molecule has 0 radical (unpaired) electrons. The summed E-state index contributed by atoms with van der Waals surface area (Å²) in [6, 6.07) is 9.26. The fourth-order valence-electron chi connectivity index (χ4n) is 2.84. The first kappa shape index (κ1) is 23.9. The van der Waals surface area contributed by atoms with E-state index in [1.165, 1.54) is 6.20 Å². The lowest BCUT2D eigenvalue weighted by Crippen LogP contribution is -2.42. The molecule has 2 aromatic heterocycles. The van der Waals surface area contributed by atoms with Gasteiger partial charge >= 0.3 is 5.97 Å². The number of aromatic nitrogens is 3. The fourth-order valence-corrected chi connectivity index (χ4v) is 3.41. The molecular formula is C22H23N5O5S. The maximum absolute atomic E-state index is 12.2.